The lowest BCUT2D eigenvalue weighted by Crippen LogP contribution is -2.38. The summed E-state index contributed by atoms with van der Waals surface area (Å²) in [6.07, 6.45) is 0. The van der Waals surface area contributed by atoms with Crippen molar-refractivity contribution in [2.75, 3.05) is 18.0 Å². The monoisotopic (exact) mass is 394 g/mol. The lowest BCUT2D eigenvalue weighted by atomic mass is 10.0. The topological polar surface area (TPSA) is 49.4 Å². The van der Waals surface area contributed by atoms with E-state index >= 15 is 0 Å². The molecule has 0 saturated carbocycles. The van der Waals surface area contributed by atoms with Crippen LogP contribution >= 0.6 is 0 Å². The Kier molecular flexibility index (Phi) is 6.49. The zero-order valence-electron chi connectivity index (χ0n) is 16.2. The molecule has 1 atom stereocenters. The van der Waals surface area contributed by atoms with E-state index in [0.29, 0.717) is 0 Å². The smallest absolute Gasteiger partial charge is 0.240 e. The largest absolute Gasteiger partial charge is 0.363 e. The molecule has 0 aromatic heterocycles. The Morgan fingerprint density at radius 3 is 2.14 bits per heavy atom. The molecule has 0 amide bonds. The third-order valence-electron chi connectivity index (χ3n) is 4.75. The number of rotatable bonds is 8. The van der Waals surface area contributed by atoms with Crippen LogP contribution in [0.1, 0.15) is 24.1 Å². The van der Waals surface area contributed by atoms with Crippen LogP contribution in [-0.4, -0.2) is 21.5 Å². The van der Waals surface area contributed by atoms with E-state index in [1.54, 1.807) is 24.3 Å². The second-order valence-electron chi connectivity index (χ2n) is 6.72. The third kappa shape index (κ3) is 4.80. The van der Waals surface area contributed by atoms with Crippen LogP contribution in [0, 0.1) is 6.92 Å². The molecular formula is C23H26N2O2S. The maximum atomic E-state index is 12.7. The summed E-state index contributed by atoms with van der Waals surface area (Å²) >= 11 is 0. The van der Waals surface area contributed by atoms with Gasteiger partial charge in [0.15, 0.2) is 0 Å². The van der Waals surface area contributed by atoms with Crippen LogP contribution in [0.3, 0.4) is 0 Å². The van der Waals surface area contributed by atoms with Crippen molar-refractivity contribution in [3.8, 4) is 0 Å². The molecule has 0 spiro atoms. The molecule has 0 aliphatic heterocycles. The second kappa shape index (κ2) is 9.04. The number of sulfonamides is 1. The fourth-order valence-corrected chi connectivity index (χ4v) is 4.40. The Morgan fingerprint density at radius 1 is 0.893 bits per heavy atom. The molecule has 3 aromatic rings. The Bertz CT molecular complexity index is 989. The summed E-state index contributed by atoms with van der Waals surface area (Å²) < 4.78 is 28.3. The number of hydrogen-bond acceptors (Lipinski definition) is 3. The molecule has 0 aliphatic rings. The highest BCUT2D eigenvalue weighted by Crippen LogP contribution is 2.27. The van der Waals surface area contributed by atoms with Gasteiger partial charge in [0.2, 0.25) is 10.0 Å². The van der Waals surface area contributed by atoms with Crippen LogP contribution in [0.5, 0.6) is 0 Å². The Balaban J connectivity index is 1.91. The summed E-state index contributed by atoms with van der Waals surface area (Å²) in [6.45, 7) is 5.19. The molecule has 0 saturated heterocycles. The van der Waals surface area contributed by atoms with Gasteiger partial charge in [-0.2, -0.15) is 0 Å². The molecular weight excluding hydrogens is 368 g/mol. The van der Waals surface area contributed by atoms with Gasteiger partial charge >= 0.3 is 0 Å². The molecule has 28 heavy (non-hydrogen) atoms. The van der Waals surface area contributed by atoms with E-state index < -0.39 is 10.0 Å². The fraction of sp³-hybridized carbons (Fsp3) is 0.217. The minimum Gasteiger partial charge on any atom is -0.363 e. The van der Waals surface area contributed by atoms with Gasteiger partial charge in [-0.15, -0.1) is 0 Å². The maximum absolute atomic E-state index is 12.7. The van der Waals surface area contributed by atoms with Crippen molar-refractivity contribution in [1.29, 1.82) is 0 Å². The van der Waals surface area contributed by atoms with Crippen molar-refractivity contribution in [3.63, 3.8) is 0 Å². The maximum Gasteiger partial charge on any atom is 0.240 e. The van der Waals surface area contributed by atoms with Crippen molar-refractivity contribution in [2.45, 2.75) is 24.8 Å². The van der Waals surface area contributed by atoms with Crippen LogP contribution in [0.2, 0.25) is 0 Å². The standard InChI is InChI=1S/C23H26N2O2S/c1-3-25(21-14-10-11-19(2)17-21)23(20-12-6-4-7-13-20)18-24-28(26,27)22-15-8-5-9-16-22/h4-17,23-24H,3,18H2,1-2H3/t23-/m0/s1. The second-order valence-corrected chi connectivity index (χ2v) is 8.48. The van der Waals surface area contributed by atoms with E-state index in [-0.39, 0.29) is 17.5 Å². The van der Waals surface area contributed by atoms with Crippen molar-refractivity contribution < 1.29 is 8.42 Å². The molecule has 0 fully saturated rings. The Labute approximate surface area is 167 Å². The van der Waals surface area contributed by atoms with Gasteiger partial charge in [-0.1, -0.05) is 60.7 Å². The number of hydrogen-bond donors (Lipinski definition) is 1. The molecule has 3 aromatic carbocycles. The van der Waals surface area contributed by atoms with Gasteiger partial charge in [0.05, 0.1) is 10.9 Å². The molecule has 1 N–H and O–H groups in total. The number of benzene rings is 3. The summed E-state index contributed by atoms with van der Waals surface area (Å²) in [5.41, 5.74) is 3.32. The van der Waals surface area contributed by atoms with Crippen LogP contribution in [-0.2, 0) is 10.0 Å². The number of likely N-dealkylation sites (N-methyl/N-ethyl adjacent to an activating group) is 1. The quantitative estimate of drug-likeness (QED) is 0.610. The Hall–Kier alpha value is -2.63. The first-order chi connectivity index (χ1) is 13.5. The van der Waals surface area contributed by atoms with Crippen molar-refractivity contribution in [1.82, 2.24) is 4.72 Å². The highest BCUT2D eigenvalue weighted by Gasteiger charge is 2.23. The van der Waals surface area contributed by atoms with Crippen LogP contribution in [0.4, 0.5) is 5.69 Å². The molecule has 3 rings (SSSR count). The molecule has 5 heteroatoms. The molecule has 0 unspecified atom stereocenters. The fourth-order valence-electron chi connectivity index (χ4n) is 3.34. The zero-order valence-corrected chi connectivity index (χ0v) is 17.1. The van der Waals surface area contributed by atoms with Crippen LogP contribution in [0.25, 0.3) is 0 Å². The number of anilines is 1. The van der Waals surface area contributed by atoms with E-state index in [9.17, 15) is 8.42 Å². The SMILES string of the molecule is CCN(c1cccc(C)c1)[C@@H](CNS(=O)(=O)c1ccccc1)c1ccccc1. The minimum atomic E-state index is -3.57. The lowest BCUT2D eigenvalue weighted by Gasteiger charge is -2.33. The molecule has 0 radical (unpaired) electrons. The van der Waals surface area contributed by atoms with E-state index in [2.05, 4.69) is 41.7 Å². The summed E-state index contributed by atoms with van der Waals surface area (Å²) in [5, 5.41) is 0. The molecule has 0 aliphatic carbocycles. The summed E-state index contributed by atoms with van der Waals surface area (Å²) in [7, 11) is -3.57. The predicted octanol–water partition coefficient (Wildman–Crippen LogP) is 4.54. The van der Waals surface area contributed by atoms with Crippen LogP contribution in [0.15, 0.2) is 89.8 Å². The summed E-state index contributed by atoms with van der Waals surface area (Å²) in [4.78, 5) is 2.51. The highest BCUT2D eigenvalue weighted by atomic mass is 32.2. The summed E-state index contributed by atoms with van der Waals surface area (Å²) in [5.74, 6) is 0. The van der Waals surface area contributed by atoms with Crippen molar-refractivity contribution in [2.24, 2.45) is 0 Å². The normalized spacial score (nSPS) is 12.5. The first-order valence-corrected chi connectivity index (χ1v) is 10.9. The van der Waals surface area contributed by atoms with Crippen molar-refractivity contribution in [3.05, 3.63) is 96.1 Å². The lowest BCUT2D eigenvalue weighted by molar-refractivity contribution is 0.561. The highest BCUT2D eigenvalue weighted by molar-refractivity contribution is 7.89. The van der Waals surface area contributed by atoms with Gasteiger partial charge in [-0.25, -0.2) is 13.1 Å². The van der Waals surface area contributed by atoms with Gasteiger partial charge < -0.3 is 4.90 Å². The van der Waals surface area contributed by atoms with E-state index in [1.807, 2.05) is 42.5 Å². The average molecular weight is 395 g/mol. The number of aryl methyl sites for hydroxylation is 1. The molecule has 4 nitrogen and oxygen atoms in total. The predicted molar refractivity (Wildman–Crippen MR) is 115 cm³/mol. The summed E-state index contributed by atoms with van der Waals surface area (Å²) in [6, 6.07) is 26.7. The van der Waals surface area contributed by atoms with Crippen LogP contribution < -0.4 is 9.62 Å². The van der Waals surface area contributed by atoms with Gasteiger partial charge in [0.25, 0.3) is 0 Å². The van der Waals surface area contributed by atoms with Gasteiger partial charge in [0, 0.05) is 18.8 Å². The molecule has 0 heterocycles. The molecule has 146 valence electrons. The third-order valence-corrected chi connectivity index (χ3v) is 6.19. The van der Waals surface area contributed by atoms with Gasteiger partial charge in [0.1, 0.15) is 0 Å². The molecule has 0 bridgehead atoms. The average Bonchev–Trinajstić information content (AvgIpc) is 2.72. The van der Waals surface area contributed by atoms with Crippen molar-refractivity contribution >= 4 is 15.7 Å². The van der Waals surface area contributed by atoms with E-state index in [1.165, 1.54) is 5.56 Å². The Morgan fingerprint density at radius 2 is 1.54 bits per heavy atom. The number of nitrogens with zero attached hydrogens (tertiary/aromatic N) is 1. The van der Waals surface area contributed by atoms with Gasteiger partial charge in [-0.05, 0) is 49.2 Å². The zero-order chi connectivity index (χ0) is 20.0. The van der Waals surface area contributed by atoms with E-state index in [0.717, 1.165) is 17.8 Å². The van der Waals surface area contributed by atoms with Gasteiger partial charge in [-0.3, -0.25) is 0 Å². The van der Waals surface area contributed by atoms with E-state index in [4.69, 9.17) is 0 Å². The first-order valence-electron chi connectivity index (χ1n) is 9.44. The minimum absolute atomic E-state index is 0.119. The number of nitrogens with one attached hydrogen (secondary N) is 1. The first kappa shape index (κ1) is 20.1.